The molecule has 1 unspecified atom stereocenters. The van der Waals surface area contributed by atoms with Gasteiger partial charge in [-0.05, 0) is 0 Å². The van der Waals surface area contributed by atoms with Gasteiger partial charge in [0.2, 0.25) is 4.24 Å². The Bertz CT molecular complexity index is 181. The van der Waals surface area contributed by atoms with Crippen molar-refractivity contribution >= 4 is 44.4 Å². The van der Waals surface area contributed by atoms with E-state index in [1.807, 2.05) is 0 Å². The fourth-order valence-electron chi connectivity index (χ4n) is 0.625. The molecule has 1 aliphatic rings. The summed E-state index contributed by atoms with van der Waals surface area (Å²) in [6.45, 7) is 4.14. The molecule has 0 amide bonds. The normalized spacial score (nSPS) is 25.4. The second kappa shape index (κ2) is 4.33. The predicted octanol–water partition coefficient (Wildman–Crippen LogP) is 2.95. The van der Waals surface area contributed by atoms with Crippen LogP contribution in [-0.4, -0.2) is 15.6 Å². The van der Waals surface area contributed by atoms with E-state index in [0.717, 1.165) is 9.27 Å². The molecular formula is C6H9ClOS3. The van der Waals surface area contributed by atoms with Crippen molar-refractivity contribution in [2.75, 3.05) is 5.75 Å². The van der Waals surface area contributed by atoms with Gasteiger partial charge in [0, 0.05) is 5.25 Å². The minimum atomic E-state index is -0.884. The average Bonchev–Trinajstić information content (AvgIpc) is 2.18. The molecule has 1 nitrogen and oxygen atoms in total. The summed E-state index contributed by atoms with van der Waals surface area (Å²) in [6.07, 6.45) is 0. The number of hydrogen-bond donors (Lipinski definition) is 0. The molecule has 64 valence electrons. The van der Waals surface area contributed by atoms with E-state index in [-0.39, 0.29) is 0 Å². The molecule has 0 aromatic carbocycles. The summed E-state index contributed by atoms with van der Waals surface area (Å²) in [4.78, 5) is 0. The summed E-state index contributed by atoms with van der Waals surface area (Å²) in [5.74, 6) is 0.712. The molecule has 0 saturated carbocycles. The Morgan fingerprint density at radius 1 is 1.73 bits per heavy atom. The predicted molar refractivity (Wildman–Crippen MR) is 56.2 cm³/mol. The smallest absolute Gasteiger partial charge is 0.215 e. The van der Waals surface area contributed by atoms with Crippen LogP contribution in [0.1, 0.15) is 13.8 Å². The number of halogens is 1. The third-order valence-corrected chi connectivity index (χ3v) is 6.37. The zero-order chi connectivity index (χ0) is 8.43. The third-order valence-electron chi connectivity index (χ3n) is 1.01. The highest BCUT2D eigenvalue weighted by Gasteiger charge is 2.30. The van der Waals surface area contributed by atoms with Crippen LogP contribution in [-0.2, 0) is 10.2 Å². The molecule has 11 heavy (non-hydrogen) atoms. The molecule has 0 aromatic heterocycles. The first-order chi connectivity index (χ1) is 5.11. The van der Waals surface area contributed by atoms with Crippen LogP contribution < -0.4 is 0 Å². The lowest BCUT2D eigenvalue weighted by Gasteiger charge is -2.06. The van der Waals surface area contributed by atoms with Crippen molar-refractivity contribution in [3.8, 4) is 0 Å². The number of hydrogen-bond acceptors (Lipinski definition) is 3. The van der Waals surface area contributed by atoms with E-state index in [2.05, 4.69) is 13.8 Å². The lowest BCUT2D eigenvalue weighted by Crippen LogP contribution is -1.95. The summed E-state index contributed by atoms with van der Waals surface area (Å²) in [7, 11) is 0.517. The Kier molecular flexibility index (Phi) is 3.98. The van der Waals surface area contributed by atoms with E-state index in [1.165, 1.54) is 10.8 Å². The Hall–Kier alpha value is 1.04. The fraction of sp³-hybridized carbons (Fsp3) is 0.667. The third kappa shape index (κ3) is 2.77. The second-order valence-electron chi connectivity index (χ2n) is 2.36. The minimum absolute atomic E-state index is 0.460. The molecule has 1 heterocycles. The van der Waals surface area contributed by atoms with Crippen molar-refractivity contribution in [2.24, 2.45) is 0 Å². The SMILES string of the molecule is CC(C)SC1=C(Cl)CS[S+]1[O-]. The number of rotatable bonds is 2. The average molecular weight is 229 g/mol. The lowest BCUT2D eigenvalue weighted by molar-refractivity contribution is 0.617. The van der Waals surface area contributed by atoms with E-state index in [0.29, 0.717) is 11.0 Å². The molecule has 1 rings (SSSR count). The van der Waals surface area contributed by atoms with Crippen LogP contribution in [0.15, 0.2) is 9.27 Å². The zero-order valence-electron chi connectivity index (χ0n) is 6.30. The zero-order valence-corrected chi connectivity index (χ0v) is 9.50. The number of thioether (sulfide) groups is 1. The van der Waals surface area contributed by atoms with E-state index >= 15 is 0 Å². The van der Waals surface area contributed by atoms with Crippen LogP contribution in [0.4, 0.5) is 0 Å². The van der Waals surface area contributed by atoms with E-state index < -0.39 is 10.2 Å². The highest BCUT2D eigenvalue weighted by Crippen LogP contribution is 2.43. The maximum absolute atomic E-state index is 11.2. The van der Waals surface area contributed by atoms with E-state index in [9.17, 15) is 4.55 Å². The van der Waals surface area contributed by atoms with Crippen molar-refractivity contribution in [1.82, 2.24) is 0 Å². The van der Waals surface area contributed by atoms with Gasteiger partial charge in [-0.2, -0.15) is 0 Å². The second-order valence-corrected chi connectivity index (χ2v) is 7.67. The van der Waals surface area contributed by atoms with Gasteiger partial charge in [0.25, 0.3) is 0 Å². The van der Waals surface area contributed by atoms with Gasteiger partial charge in [-0.1, -0.05) is 37.2 Å². The van der Waals surface area contributed by atoms with Gasteiger partial charge >= 0.3 is 0 Å². The lowest BCUT2D eigenvalue weighted by atomic mass is 10.6. The molecule has 0 aromatic rings. The first-order valence-corrected chi connectivity index (χ1v) is 7.12. The van der Waals surface area contributed by atoms with Crippen molar-refractivity contribution in [3.05, 3.63) is 9.27 Å². The first kappa shape index (κ1) is 10.1. The van der Waals surface area contributed by atoms with Crippen molar-refractivity contribution in [2.45, 2.75) is 19.1 Å². The molecule has 0 bridgehead atoms. The van der Waals surface area contributed by atoms with Crippen LogP contribution in [0.3, 0.4) is 0 Å². The minimum Gasteiger partial charge on any atom is -0.600 e. The molecule has 1 aliphatic heterocycles. The summed E-state index contributed by atoms with van der Waals surface area (Å²) in [5.41, 5.74) is 0. The highest BCUT2D eigenvalue weighted by atomic mass is 35.5. The maximum Gasteiger partial charge on any atom is 0.215 e. The summed E-state index contributed by atoms with van der Waals surface area (Å²) >= 11 is 7.47. The van der Waals surface area contributed by atoms with Crippen LogP contribution in [0.25, 0.3) is 0 Å². The molecule has 0 fully saturated rings. The molecular weight excluding hydrogens is 220 g/mol. The Labute approximate surface area is 82.9 Å². The van der Waals surface area contributed by atoms with Gasteiger partial charge < -0.3 is 4.55 Å². The van der Waals surface area contributed by atoms with Gasteiger partial charge in [0.05, 0.1) is 21.0 Å². The summed E-state index contributed by atoms with van der Waals surface area (Å²) < 4.78 is 12.1. The van der Waals surface area contributed by atoms with Crippen molar-refractivity contribution in [3.63, 3.8) is 0 Å². The van der Waals surface area contributed by atoms with Gasteiger partial charge in [0.1, 0.15) is 10.8 Å². The van der Waals surface area contributed by atoms with Gasteiger partial charge in [0.15, 0.2) is 0 Å². The van der Waals surface area contributed by atoms with E-state index in [4.69, 9.17) is 11.6 Å². The topological polar surface area (TPSA) is 23.1 Å². The monoisotopic (exact) mass is 228 g/mol. The van der Waals surface area contributed by atoms with Crippen molar-refractivity contribution in [1.29, 1.82) is 0 Å². The fourth-order valence-corrected chi connectivity index (χ4v) is 5.97. The molecule has 0 spiro atoms. The quantitative estimate of drug-likeness (QED) is 0.536. The van der Waals surface area contributed by atoms with Crippen LogP contribution >= 0.6 is 34.2 Å². The molecule has 0 saturated heterocycles. The Morgan fingerprint density at radius 2 is 2.36 bits per heavy atom. The summed E-state index contributed by atoms with van der Waals surface area (Å²) in [5, 5.41) is 1.23. The van der Waals surface area contributed by atoms with Gasteiger partial charge in [-0.25, -0.2) is 0 Å². The van der Waals surface area contributed by atoms with Gasteiger partial charge in [-0.3, -0.25) is 0 Å². The standard InChI is InChI=1S/C6H9ClOS3/c1-4(2)10-6-5(7)3-9-11(6)8/h4H,3H2,1-2H3. The molecule has 1 atom stereocenters. The van der Waals surface area contributed by atoms with Crippen molar-refractivity contribution < 1.29 is 4.55 Å². The maximum atomic E-state index is 11.2. The first-order valence-electron chi connectivity index (χ1n) is 3.21. The molecule has 0 aliphatic carbocycles. The van der Waals surface area contributed by atoms with E-state index in [1.54, 1.807) is 11.8 Å². The Morgan fingerprint density at radius 3 is 2.73 bits per heavy atom. The Balaban J connectivity index is 2.60. The molecule has 0 N–H and O–H groups in total. The highest BCUT2D eigenvalue weighted by molar-refractivity contribution is 8.76. The van der Waals surface area contributed by atoms with Crippen LogP contribution in [0.5, 0.6) is 0 Å². The van der Waals surface area contributed by atoms with Crippen LogP contribution in [0, 0.1) is 0 Å². The largest absolute Gasteiger partial charge is 0.600 e. The molecule has 5 heteroatoms. The summed E-state index contributed by atoms with van der Waals surface area (Å²) in [6, 6.07) is 0. The van der Waals surface area contributed by atoms with Crippen LogP contribution in [0.2, 0.25) is 0 Å². The van der Waals surface area contributed by atoms with Gasteiger partial charge in [-0.15, -0.1) is 0 Å². The molecule has 0 radical (unpaired) electrons.